The zero-order chi connectivity index (χ0) is 41.0. The van der Waals surface area contributed by atoms with E-state index in [-0.39, 0.29) is 0 Å². The van der Waals surface area contributed by atoms with Crippen LogP contribution in [0.2, 0.25) is 0 Å². The lowest BCUT2D eigenvalue weighted by molar-refractivity contribution is 1.58. The predicted octanol–water partition coefficient (Wildman–Crippen LogP) is 17.5. The number of hydrogen-bond donors (Lipinski definition) is 0. The fourth-order valence-electron chi connectivity index (χ4n) is 9.83. The van der Waals surface area contributed by atoms with Gasteiger partial charge in [-0.05, 0) is 157 Å². The maximum absolute atomic E-state index is 2.39. The lowest BCUT2D eigenvalue weighted by Crippen LogP contribution is -1.92. The molecule has 288 valence electrons. The quantitative estimate of drug-likeness (QED) is 0.116. The number of benzene rings is 12. The van der Waals surface area contributed by atoms with E-state index >= 15 is 0 Å². The minimum atomic E-state index is 1.21. The molecule has 0 aromatic heterocycles. The van der Waals surface area contributed by atoms with Crippen molar-refractivity contribution in [2.45, 2.75) is 0 Å². The Hall–Kier alpha value is -8.06. The van der Waals surface area contributed by atoms with Crippen molar-refractivity contribution in [2.24, 2.45) is 0 Å². The lowest BCUT2D eigenvalue weighted by atomic mass is 9.84. The Kier molecular flexibility index (Phi) is 8.61. The largest absolute Gasteiger partial charge is 0.0622 e. The molecule has 0 spiro atoms. The van der Waals surface area contributed by atoms with Gasteiger partial charge >= 0.3 is 0 Å². The summed E-state index contributed by atoms with van der Waals surface area (Å²) in [5.74, 6) is 0. The molecule has 0 aliphatic carbocycles. The summed E-state index contributed by atoms with van der Waals surface area (Å²) < 4.78 is 0. The van der Waals surface area contributed by atoms with E-state index in [1.54, 1.807) is 0 Å². The average Bonchev–Trinajstić information content (AvgIpc) is 3.35. The van der Waals surface area contributed by atoms with Crippen LogP contribution in [0.15, 0.2) is 243 Å². The van der Waals surface area contributed by atoms with E-state index in [4.69, 9.17) is 0 Å². The molecule has 12 aromatic carbocycles. The van der Waals surface area contributed by atoms with E-state index in [0.717, 1.165) is 0 Å². The number of rotatable bonds is 6. The summed E-state index contributed by atoms with van der Waals surface area (Å²) >= 11 is 0. The smallest absolute Gasteiger partial charge is 0.00259 e. The second kappa shape index (κ2) is 14.9. The molecule has 0 atom stereocenters. The third-order valence-electron chi connectivity index (χ3n) is 12.8. The van der Waals surface area contributed by atoms with E-state index in [9.17, 15) is 0 Å². The van der Waals surface area contributed by atoms with Gasteiger partial charge in [-0.3, -0.25) is 0 Å². The molecule has 62 heavy (non-hydrogen) atoms. The Morgan fingerprint density at radius 1 is 0.161 bits per heavy atom. The minimum Gasteiger partial charge on any atom is -0.0622 e. The van der Waals surface area contributed by atoms with Crippen LogP contribution in [0.1, 0.15) is 0 Å². The molecule has 0 bridgehead atoms. The third-order valence-corrected chi connectivity index (χ3v) is 12.8. The molecule has 0 nitrogen and oxygen atoms in total. The molecular formula is C62H40. The van der Waals surface area contributed by atoms with Crippen molar-refractivity contribution >= 4 is 53.9 Å². The second-order valence-electron chi connectivity index (χ2n) is 16.4. The monoisotopic (exact) mass is 784 g/mol. The molecule has 0 saturated heterocycles. The SMILES string of the molecule is c1ccc(-c2cc(-c3ccccc3)cc(-c3c4ccccc4c(-c4ccc5ccc(-c6ccc(-c7cc8ccccc8c8ccccc78)cc6)cc5c4)c4ccccc34)c2)cc1. The van der Waals surface area contributed by atoms with Gasteiger partial charge in [-0.25, -0.2) is 0 Å². The van der Waals surface area contributed by atoms with E-state index in [1.807, 2.05) is 0 Å². The van der Waals surface area contributed by atoms with E-state index in [2.05, 4.69) is 243 Å². The summed E-state index contributed by atoms with van der Waals surface area (Å²) in [4.78, 5) is 0. The summed E-state index contributed by atoms with van der Waals surface area (Å²) in [6.45, 7) is 0. The van der Waals surface area contributed by atoms with E-state index in [0.29, 0.717) is 0 Å². The van der Waals surface area contributed by atoms with Crippen LogP contribution < -0.4 is 0 Å². The van der Waals surface area contributed by atoms with Crippen LogP contribution in [0.3, 0.4) is 0 Å². The zero-order valence-electron chi connectivity index (χ0n) is 34.1. The van der Waals surface area contributed by atoms with Crippen molar-refractivity contribution in [3.05, 3.63) is 243 Å². The molecule has 0 fully saturated rings. The Bertz CT molecular complexity index is 3540. The summed E-state index contributed by atoms with van der Waals surface area (Å²) in [5, 5.41) is 12.6. The summed E-state index contributed by atoms with van der Waals surface area (Å²) in [5.41, 5.74) is 14.7. The van der Waals surface area contributed by atoms with Gasteiger partial charge in [0, 0.05) is 0 Å². The fourth-order valence-corrected chi connectivity index (χ4v) is 9.83. The normalized spacial score (nSPS) is 11.5. The second-order valence-corrected chi connectivity index (χ2v) is 16.4. The van der Waals surface area contributed by atoms with Crippen LogP contribution >= 0.6 is 0 Å². The van der Waals surface area contributed by atoms with Gasteiger partial charge in [0.15, 0.2) is 0 Å². The molecule has 0 aliphatic heterocycles. The van der Waals surface area contributed by atoms with Crippen molar-refractivity contribution in [3.8, 4) is 66.8 Å². The minimum absolute atomic E-state index is 1.21. The predicted molar refractivity (Wildman–Crippen MR) is 267 cm³/mol. The Morgan fingerprint density at radius 2 is 0.565 bits per heavy atom. The third kappa shape index (κ3) is 6.16. The van der Waals surface area contributed by atoms with Crippen molar-refractivity contribution in [1.29, 1.82) is 0 Å². The average molecular weight is 785 g/mol. The maximum atomic E-state index is 2.39. The number of hydrogen-bond acceptors (Lipinski definition) is 0. The Morgan fingerprint density at radius 3 is 1.16 bits per heavy atom. The van der Waals surface area contributed by atoms with Crippen LogP contribution in [0.4, 0.5) is 0 Å². The highest BCUT2D eigenvalue weighted by atomic mass is 14.2. The molecule has 12 aromatic rings. The van der Waals surface area contributed by atoms with Crippen LogP contribution in [0, 0.1) is 0 Å². The standard InChI is InChI=1S/C62H40/c1-3-15-41(16-4-1)50-37-51(42-17-5-2-6-18-42)39-52(38-50)62-58-25-13-11-23-56(58)61(57-24-12-14-26-59(57)62)48-34-30-44-29-33-46(35-49(44)36-48)43-27-31-45(32-28-43)60-40-47-19-7-8-20-53(47)54-21-9-10-22-55(54)60/h1-40H. The first kappa shape index (κ1) is 35.8. The van der Waals surface area contributed by atoms with Gasteiger partial charge in [-0.2, -0.15) is 0 Å². The molecule has 0 amide bonds. The molecule has 0 radical (unpaired) electrons. The molecule has 0 heteroatoms. The van der Waals surface area contributed by atoms with Crippen molar-refractivity contribution in [2.75, 3.05) is 0 Å². The van der Waals surface area contributed by atoms with Crippen molar-refractivity contribution < 1.29 is 0 Å². The van der Waals surface area contributed by atoms with Crippen LogP contribution in [-0.2, 0) is 0 Å². The van der Waals surface area contributed by atoms with Crippen molar-refractivity contribution in [3.63, 3.8) is 0 Å². The molecule has 12 rings (SSSR count). The van der Waals surface area contributed by atoms with Gasteiger partial charge < -0.3 is 0 Å². The molecule has 0 saturated carbocycles. The topological polar surface area (TPSA) is 0 Å². The van der Waals surface area contributed by atoms with Gasteiger partial charge in [0.05, 0.1) is 0 Å². The molecule has 0 unspecified atom stereocenters. The lowest BCUT2D eigenvalue weighted by Gasteiger charge is -2.19. The van der Waals surface area contributed by atoms with Crippen LogP contribution in [0.25, 0.3) is 121 Å². The summed E-state index contributed by atoms with van der Waals surface area (Å²) in [6, 6.07) is 89.4. The first-order chi connectivity index (χ1) is 30.7. The van der Waals surface area contributed by atoms with Crippen LogP contribution in [-0.4, -0.2) is 0 Å². The molecule has 0 heterocycles. The summed E-state index contributed by atoms with van der Waals surface area (Å²) in [7, 11) is 0. The highest BCUT2D eigenvalue weighted by Gasteiger charge is 2.19. The molecule has 0 N–H and O–H groups in total. The Balaban J connectivity index is 0.985. The van der Waals surface area contributed by atoms with Crippen LogP contribution in [0.5, 0.6) is 0 Å². The van der Waals surface area contributed by atoms with E-state index < -0.39 is 0 Å². The van der Waals surface area contributed by atoms with Crippen molar-refractivity contribution in [1.82, 2.24) is 0 Å². The fraction of sp³-hybridized carbons (Fsp3) is 0. The first-order valence-electron chi connectivity index (χ1n) is 21.5. The highest BCUT2D eigenvalue weighted by molar-refractivity contribution is 6.22. The molecular weight excluding hydrogens is 745 g/mol. The van der Waals surface area contributed by atoms with Gasteiger partial charge in [-0.1, -0.05) is 206 Å². The number of fused-ring (bicyclic) bond motifs is 6. The molecule has 0 aliphatic rings. The van der Waals surface area contributed by atoms with E-state index in [1.165, 1.54) is 121 Å². The highest BCUT2D eigenvalue weighted by Crippen LogP contribution is 2.46. The van der Waals surface area contributed by atoms with Gasteiger partial charge in [-0.15, -0.1) is 0 Å². The van der Waals surface area contributed by atoms with Gasteiger partial charge in [0.1, 0.15) is 0 Å². The van der Waals surface area contributed by atoms with Gasteiger partial charge in [0.25, 0.3) is 0 Å². The first-order valence-corrected chi connectivity index (χ1v) is 21.5. The Labute approximate surface area is 361 Å². The van der Waals surface area contributed by atoms with Gasteiger partial charge in [0.2, 0.25) is 0 Å². The maximum Gasteiger partial charge on any atom is -0.00259 e. The summed E-state index contributed by atoms with van der Waals surface area (Å²) in [6.07, 6.45) is 0. The zero-order valence-corrected chi connectivity index (χ0v) is 34.1.